The molecule has 2 rings (SSSR count). The summed E-state index contributed by atoms with van der Waals surface area (Å²) in [5.41, 5.74) is 0.874. The standard InChI is InChI=1S/C15H20N2O2S/c1-3-5-13-15(19)17(9-8-14(18)16-13)11-6-4-7-12(10-11)20-2/h4,6-7,10,13H,3,5,8-9H2,1-2H3,(H,16,18). The van der Waals surface area contributed by atoms with Crippen molar-refractivity contribution in [3.05, 3.63) is 24.3 Å². The van der Waals surface area contributed by atoms with E-state index in [0.717, 1.165) is 17.0 Å². The van der Waals surface area contributed by atoms with Gasteiger partial charge in [0.15, 0.2) is 0 Å². The third-order valence-corrected chi connectivity index (χ3v) is 4.13. The minimum atomic E-state index is -0.395. The largest absolute Gasteiger partial charge is 0.344 e. The zero-order chi connectivity index (χ0) is 14.5. The fraction of sp³-hybridized carbons (Fsp3) is 0.467. The van der Waals surface area contributed by atoms with Crippen LogP contribution < -0.4 is 10.2 Å². The predicted octanol–water partition coefficient (Wildman–Crippen LogP) is 2.43. The second kappa shape index (κ2) is 6.79. The van der Waals surface area contributed by atoms with Crippen LogP contribution in [-0.2, 0) is 9.59 Å². The molecule has 1 aromatic rings. The predicted molar refractivity (Wildman–Crippen MR) is 82.0 cm³/mol. The fourth-order valence-corrected chi connectivity index (χ4v) is 2.81. The lowest BCUT2D eigenvalue weighted by Gasteiger charge is -2.24. The molecule has 1 aliphatic heterocycles. The van der Waals surface area contributed by atoms with Crippen molar-refractivity contribution in [2.75, 3.05) is 17.7 Å². The van der Waals surface area contributed by atoms with E-state index in [4.69, 9.17) is 0 Å². The first-order valence-corrected chi connectivity index (χ1v) is 8.13. The topological polar surface area (TPSA) is 49.4 Å². The minimum Gasteiger partial charge on any atom is -0.344 e. The molecule has 1 N–H and O–H groups in total. The van der Waals surface area contributed by atoms with Crippen molar-refractivity contribution in [3.63, 3.8) is 0 Å². The van der Waals surface area contributed by atoms with Gasteiger partial charge in [-0.25, -0.2) is 0 Å². The highest BCUT2D eigenvalue weighted by atomic mass is 32.2. The van der Waals surface area contributed by atoms with Crippen LogP contribution in [-0.4, -0.2) is 30.7 Å². The van der Waals surface area contributed by atoms with Gasteiger partial charge in [-0.15, -0.1) is 11.8 Å². The maximum Gasteiger partial charge on any atom is 0.249 e. The average Bonchev–Trinajstić information content (AvgIpc) is 2.59. The molecule has 0 saturated carbocycles. The van der Waals surface area contributed by atoms with Crippen LogP contribution >= 0.6 is 11.8 Å². The summed E-state index contributed by atoms with van der Waals surface area (Å²) in [6.45, 7) is 2.46. The number of anilines is 1. The maximum atomic E-state index is 12.6. The van der Waals surface area contributed by atoms with E-state index in [0.29, 0.717) is 19.4 Å². The molecular formula is C15H20N2O2S. The monoisotopic (exact) mass is 292 g/mol. The molecule has 2 amide bonds. The van der Waals surface area contributed by atoms with E-state index in [-0.39, 0.29) is 11.8 Å². The van der Waals surface area contributed by atoms with Gasteiger partial charge in [0.2, 0.25) is 11.8 Å². The van der Waals surface area contributed by atoms with Crippen LogP contribution in [0.2, 0.25) is 0 Å². The summed E-state index contributed by atoms with van der Waals surface area (Å²) < 4.78 is 0. The third-order valence-electron chi connectivity index (χ3n) is 3.40. The molecule has 20 heavy (non-hydrogen) atoms. The van der Waals surface area contributed by atoms with Crippen molar-refractivity contribution < 1.29 is 9.59 Å². The molecule has 0 radical (unpaired) electrons. The normalized spacial score (nSPS) is 19.7. The van der Waals surface area contributed by atoms with Crippen LogP contribution in [0.15, 0.2) is 29.2 Å². The highest BCUT2D eigenvalue weighted by Crippen LogP contribution is 2.24. The lowest BCUT2D eigenvalue weighted by molar-refractivity contribution is -0.125. The van der Waals surface area contributed by atoms with Gasteiger partial charge in [0.05, 0.1) is 0 Å². The highest BCUT2D eigenvalue weighted by molar-refractivity contribution is 7.98. The molecule has 1 atom stereocenters. The smallest absolute Gasteiger partial charge is 0.249 e. The number of thioether (sulfide) groups is 1. The lowest BCUT2D eigenvalue weighted by atomic mass is 10.1. The Morgan fingerprint density at radius 2 is 2.20 bits per heavy atom. The number of amides is 2. The first-order chi connectivity index (χ1) is 9.65. The molecule has 5 heteroatoms. The van der Waals surface area contributed by atoms with Crippen molar-refractivity contribution in [1.29, 1.82) is 0 Å². The second-order valence-electron chi connectivity index (χ2n) is 4.85. The van der Waals surface area contributed by atoms with Gasteiger partial charge in [0.25, 0.3) is 0 Å². The first kappa shape index (κ1) is 14.9. The summed E-state index contributed by atoms with van der Waals surface area (Å²) in [6, 6.07) is 7.50. The molecule has 1 aliphatic rings. The van der Waals surface area contributed by atoms with Crippen LogP contribution in [0.5, 0.6) is 0 Å². The Labute approximate surface area is 123 Å². The Kier molecular flexibility index (Phi) is 5.06. The van der Waals surface area contributed by atoms with Crippen molar-refractivity contribution in [2.24, 2.45) is 0 Å². The Bertz CT molecular complexity index is 504. The number of benzene rings is 1. The SMILES string of the molecule is CCCC1NC(=O)CCN(c2cccc(SC)c2)C1=O. The number of hydrogen-bond acceptors (Lipinski definition) is 3. The zero-order valence-electron chi connectivity index (χ0n) is 11.9. The average molecular weight is 292 g/mol. The molecular weight excluding hydrogens is 272 g/mol. The molecule has 4 nitrogen and oxygen atoms in total. The quantitative estimate of drug-likeness (QED) is 0.867. The van der Waals surface area contributed by atoms with Gasteiger partial charge < -0.3 is 10.2 Å². The van der Waals surface area contributed by atoms with Crippen LogP contribution in [0, 0.1) is 0 Å². The van der Waals surface area contributed by atoms with Crippen LogP contribution in [0.4, 0.5) is 5.69 Å². The van der Waals surface area contributed by atoms with Crippen molar-refractivity contribution in [2.45, 2.75) is 37.1 Å². The number of hydrogen-bond donors (Lipinski definition) is 1. The Hall–Kier alpha value is -1.49. The molecule has 1 saturated heterocycles. The number of carbonyl (C=O) groups excluding carboxylic acids is 2. The second-order valence-corrected chi connectivity index (χ2v) is 5.73. The summed E-state index contributed by atoms with van der Waals surface area (Å²) in [5, 5.41) is 2.82. The summed E-state index contributed by atoms with van der Waals surface area (Å²) in [6.07, 6.45) is 3.92. The number of rotatable bonds is 4. The van der Waals surface area contributed by atoms with Crippen LogP contribution in [0.1, 0.15) is 26.2 Å². The van der Waals surface area contributed by atoms with Crippen LogP contribution in [0.3, 0.4) is 0 Å². The van der Waals surface area contributed by atoms with Gasteiger partial charge in [0, 0.05) is 23.5 Å². The Morgan fingerprint density at radius 1 is 1.40 bits per heavy atom. The lowest BCUT2D eigenvalue weighted by Crippen LogP contribution is -2.44. The van der Waals surface area contributed by atoms with E-state index in [1.165, 1.54) is 0 Å². The minimum absolute atomic E-state index is 0.00375. The van der Waals surface area contributed by atoms with Crippen molar-refractivity contribution in [3.8, 4) is 0 Å². The van der Waals surface area contributed by atoms with Gasteiger partial charge in [-0.2, -0.15) is 0 Å². The number of nitrogens with one attached hydrogen (secondary N) is 1. The molecule has 1 unspecified atom stereocenters. The Morgan fingerprint density at radius 3 is 2.90 bits per heavy atom. The fourth-order valence-electron chi connectivity index (χ4n) is 2.36. The van der Waals surface area contributed by atoms with Gasteiger partial charge in [-0.05, 0) is 30.9 Å². The molecule has 108 valence electrons. The van der Waals surface area contributed by atoms with E-state index in [1.807, 2.05) is 37.4 Å². The summed E-state index contributed by atoms with van der Waals surface area (Å²) >= 11 is 1.64. The van der Waals surface area contributed by atoms with Gasteiger partial charge in [-0.1, -0.05) is 19.4 Å². The van der Waals surface area contributed by atoms with E-state index in [1.54, 1.807) is 16.7 Å². The van der Waals surface area contributed by atoms with Crippen molar-refractivity contribution in [1.82, 2.24) is 5.32 Å². The molecule has 0 bridgehead atoms. The first-order valence-electron chi connectivity index (χ1n) is 6.90. The van der Waals surface area contributed by atoms with E-state index in [2.05, 4.69) is 5.32 Å². The van der Waals surface area contributed by atoms with E-state index in [9.17, 15) is 9.59 Å². The number of carbonyl (C=O) groups is 2. The van der Waals surface area contributed by atoms with Crippen LogP contribution in [0.25, 0.3) is 0 Å². The maximum absolute atomic E-state index is 12.6. The highest BCUT2D eigenvalue weighted by Gasteiger charge is 2.29. The zero-order valence-corrected chi connectivity index (χ0v) is 12.7. The molecule has 1 heterocycles. The molecule has 0 aromatic heterocycles. The van der Waals surface area contributed by atoms with E-state index < -0.39 is 6.04 Å². The molecule has 1 fully saturated rings. The van der Waals surface area contributed by atoms with Gasteiger partial charge in [0.1, 0.15) is 6.04 Å². The summed E-state index contributed by atoms with van der Waals surface area (Å²) in [5.74, 6) is -0.0451. The number of nitrogens with zero attached hydrogens (tertiary/aromatic N) is 1. The van der Waals surface area contributed by atoms with Gasteiger partial charge in [-0.3, -0.25) is 9.59 Å². The molecule has 1 aromatic carbocycles. The summed E-state index contributed by atoms with van der Waals surface area (Å²) in [4.78, 5) is 27.2. The van der Waals surface area contributed by atoms with E-state index >= 15 is 0 Å². The van der Waals surface area contributed by atoms with Crippen molar-refractivity contribution >= 4 is 29.3 Å². The third kappa shape index (κ3) is 3.33. The Balaban J connectivity index is 2.28. The van der Waals surface area contributed by atoms with Gasteiger partial charge >= 0.3 is 0 Å². The molecule has 0 aliphatic carbocycles. The molecule has 0 spiro atoms. The summed E-state index contributed by atoms with van der Waals surface area (Å²) in [7, 11) is 0.